The summed E-state index contributed by atoms with van der Waals surface area (Å²) in [5.74, 6) is -0.237. The molecule has 182 valence electrons. The molecule has 2 saturated heterocycles. The Bertz CT molecular complexity index is 1140. The summed E-state index contributed by atoms with van der Waals surface area (Å²) in [5.41, 5.74) is 4.25. The molecule has 2 aliphatic heterocycles. The van der Waals surface area contributed by atoms with Gasteiger partial charge in [-0.05, 0) is 73.9 Å². The van der Waals surface area contributed by atoms with Crippen molar-refractivity contribution in [3.8, 4) is 0 Å². The highest BCUT2D eigenvalue weighted by molar-refractivity contribution is 7.89. The molecular formula is C26H33N3O4S. The SMILES string of the molecule is O=C(Nc1ccccc1N1CCOCC1)C1CCN(S(=O)(=O)c2ccc3c(c2)CCCC3)CC1. The number of carbonyl (C=O) groups is 1. The molecule has 8 heteroatoms. The van der Waals surface area contributed by atoms with Crippen LogP contribution in [0.4, 0.5) is 11.4 Å². The lowest BCUT2D eigenvalue weighted by Crippen LogP contribution is -2.41. The van der Waals surface area contributed by atoms with E-state index in [1.807, 2.05) is 36.4 Å². The van der Waals surface area contributed by atoms with Crippen LogP contribution in [0.15, 0.2) is 47.4 Å². The zero-order valence-electron chi connectivity index (χ0n) is 19.5. The number of aryl methyl sites for hydroxylation is 2. The Kier molecular flexibility index (Phi) is 6.90. The van der Waals surface area contributed by atoms with Crippen molar-refractivity contribution >= 4 is 27.3 Å². The van der Waals surface area contributed by atoms with Gasteiger partial charge in [-0.3, -0.25) is 4.79 Å². The molecule has 2 fully saturated rings. The van der Waals surface area contributed by atoms with Gasteiger partial charge < -0.3 is 15.0 Å². The molecule has 1 aliphatic carbocycles. The number of hydrogen-bond acceptors (Lipinski definition) is 5. The van der Waals surface area contributed by atoms with Crippen LogP contribution in [0, 0.1) is 5.92 Å². The molecule has 0 bridgehead atoms. The zero-order chi connectivity index (χ0) is 23.5. The summed E-state index contributed by atoms with van der Waals surface area (Å²) in [6.45, 7) is 3.68. The largest absolute Gasteiger partial charge is 0.378 e. The van der Waals surface area contributed by atoms with Gasteiger partial charge in [0.2, 0.25) is 15.9 Å². The van der Waals surface area contributed by atoms with Gasteiger partial charge in [-0.1, -0.05) is 18.2 Å². The summed E-state index contributed by atoms with van der Waals surface area (Å²) in [7, 11) is -3.54. The number of carbonyl (C=O) groups excluding carboxylic acids is 1. The lowest BCUT2D eigenvalue weighted by atomic mass is 9.92. The minimum atomic E-state index is -3.54. The molecule has 34 heavy (non-hydrogen) atoms. The average Bonchev–Trinajstić information content (AvgIpc) is 2.89. The quantitative estimate of drug-likeness (QED) is 0.705. The van der Waals surface area contributed by atoms with Crippen LogP contribution in [0.25, 0.3) is 0 Å². The number of rotatable bonds is 5. The van der Waals surface area contributed by atoms with Gasteiger partial charge in [0.1, 0.15) is 0 Å². The predicted octanol–water partition coefficient (Wildman–Crippen LogP) is 3.44. The predicted molar refractivity (Wildman–Crippen MR) is 133 cm³/mol. The summed E-state index contributed by atoms with van der Waals surface area (Å²) < 4.78 is 33.5. The van der Waals surface area contributed by atoms with E-state index in [-0.39, 0.29) is 11.8 Å². The number of fused-ring (bicyclic) bond motifs is 1. The number of piperidine rings is 1. The molecular weight excluding hydrogens is 450 g/mol. The molecule has 7 nitrogen and oxygen atoms in total. The lowest BCUT2D eigenvalue weighted by Gasteiger charge is -2.32. The fourth-order valence-corrected chi connectivity index (χ4v) is 6.79. The molecule has 0 spiro atoms. The molecule has 3 aliphatic rings. The highest BCUT2D eigenvalue weighted by atomic mass is 32.2. The van der Waals surface area contributed by atoms with E-state index in [1.54, 1.807) is 10.4 Å². The number of benzene rings is 2. The number of ether oxygens (including phenoxy) is 1. The van der Waals surface area contributed by atoms with Gasteiger partial charge in [0.25, 0.3) is 0 Å². The van der Waals surface area contributed by atoms with E-state index in [4.69, 9.17) is 4.74 Å². The standard InChI is InChI=1S/C26H33N3O4S/c30-26(27-24-7-3-4-8-25(24)28-15-17-33-18-16-28)21-11-13-29(14-12-21)34(31,32)23-10-9-20-5-1-2-6-22(20)19-23/h3-4,7-10,19,21H,1-2,5-6,11-18H2,(H,27,30). The minimum Gasteiger partial charge on any atom is -0.378 e. The van der Waals surface area contributed by atoms with Crippen molar-refractivity contribution in [3.63, 3.8) is 0 Å². The van der Waals surface area contributed by atoms with E-state index in [9.17, 15) is 13.2 Å². The van der Waals surface area contributed by atoms with Crippen molar-refractivity contribution in [1.29, 1.82) is 0 Å². The Hall–Kier alpha value is -2.42. The van der Waals surface area contributed by atoms with E-state index in [0.29, 0.717) is 44.0 Å². The van der Waals surface area contributed by atoms with Gasteiger partial charge in [-0.15, -0.1) is 0 Å². The van der Waals surface area contributed by atoms with E-state index >= 15 is 0 Å². The van der Waals surface area contributed by atoms with Crippen molar-refractivity contribution < 1.29 is 17.9 Å². The second-order valence-corrected chi connectivity index (χ2v) is 11.4. The first-order valence-corrected chi connectivity index (χ1v) is 13.8. The molecule has 1 N–H and O–H groups in total. The molecule has 5 rings (SSSR count). The van der Waals surface area contributed by atoms with Crippen molar-refractivity contribution in [2.24, 2.45) is 5.92 Å². The second-order valence-electron chi connectivity index (χ2n) is 9.42. The number of morpholine rings is 1. The number of hydrogen-bond donors (Lipinski definition) is 1. The third-order valence-electron chi connectivity index (χ3n) is 7.30. The topological polar surface area (TPSA) is 79.0 Å². The van der Waals surface area contributed by atoms with Gasteiger partial charge in [0, 0.05) is 32.1 Å². The first-order chi connectivity index (χ1) is 16.5. The maximum absolute atomic E-state index is 13.3. The fourth-order valence-electron chi connectivity index (χ4n) is 5.27. The van der Waals surface area contributed by atoms with Crippen LogP contribution in [0.2, 0.25) is 0 Å². The van der Waals surface area contributed by atoms with Crippen LogP contribution >= 0.6 is 0 Å². The summed E-state index contributed by atoms with van der Waals surface area (Å²) in [4.78, 5) is 15.7. The van der Waals surface area contributed by atoms with Crippen LogP contribution in [-0.2, 0) is 32.4 Å². The van der Waals surface area contributed by atoms with E-state index in [2.05, 4.69) is 10.2 Å². The lowest BCUT2D eigenvalue weighted by molar-refractivity contribution is -0.120. The third-order valence-corrected chi connectivity index (χ3v) is 9.19. The molecule has 0 aromatic heterocycles. The highest BCUT2D eigenvalue weighted by Crippen LogP contribution is 2.30. The summed E-state index contributed by atoms with van der Waals surface area (Å²) >= 11 is 0. The van der Waals surface area contributed by atoms with Crippen LogP contribution in [0.3, 0.4) is 0 Å². The van der Waals surface area contributed by atoms with Crippen molar-refractivity contribution in [2.45, 2.75) is 43.4 Å². The van der Waals surface area contributed by atoms with Gasteiger partial charge in [0.15, 0.2) is 0 Å². The minimum absolute atomic E-state index is 0.0356. The number of para-hydroxylation sites is 2. The number of amides is 1. The maximum Gasteiger partial charge on any atom is 0.243 e. The Morgan fingerprint density at radius 2 is 1.62 bits per heavy atom. The Balaban J connectivity index is 1.22. The molecule has 0 radical (unpaired) electrons. The van der Waals surface area contributed by atoms with E-state index in [1.165, 1.54) is 17.5 Å². The first kappa shape index (κ1) is 23.3. The van der Waals surface area contributed by atoms with Gasteiger partial charge >= 0.3 is 0 Å². The molecule has 0 atom stereocenters. The summed E-state index contributed by atoms with van der Waals surface area (Å²) in [6, 6.07) is 13.4. The van der Waals surface area contributed by atoms with Gasteiger partial charge in [-0.25, -0.2) is 8.42 Å². The normalized spacial score (nSPS) is 20.1. The van der Waals surface area contributed by atoms with Crippen LogP contribution < -0.4 is 10.2 Å². The Morgan fingerprint density at radius 1 is 0.912 bits per heavy atom. The monoisotopic (exact) mass is 483 g/mol. The van der Waals surface area contributed by atoms with E-state index in [0.717, 1.165) is 43.7 Å². The second kappa shape index (κ2) is 10.1. The maximum atomic E-state index is 13.3. The van der Waals surface area contributed by atoms with Crippen molar-refractivity contribution in [2.75, 3.05) is 49.6 Å². The zero-order valence-corrected chi connectivity index (χ0v) is 20.4. The highest BCUT2D eigenvalue weighted by Gasteiger charge is 2.33. The fraction of sp³-hybridized carbons (Fsp3) is 0.500. The first-order valence-electron chi connectivity index (χ1n) is 12.4. The van der Waals surface area contributed by atoms with Crippen LogP contribution in [-0.4, -0.2) is 58.0 Å². The van der Waals surface area contributed by atoms with Crippen LogP contribution in [0.5, 0.6) is 0 Å². The molecule has 0 saturated carbocycles. The number of nitrogens with one attached hydrogen (secondary N) is 1. The number of nitrogens with zero attached hydrogens (tertiary/aromatic N) is 2. The van der Waals surface area contributed by atoms with E-state index < -0.39 is 10.0 Å². The summed E-state index contributed by atoms with van der Waals surface area (Å²) in [6.07, 6.45) is 5.32. The molecule has 2 aromatic rings. The smallest absolute Gasteiger partial charge is 0.243 e. The summed E-state index contributed by atoms with van der Waals surface area (Å²) in [5, 5.41) is 3.11. The average molecular weight is 484 g/mol. The molecule has 2 heterocycles. The van der Waals surface area contributed by atoms with Gasteiger partial charge in [0.05, 0.1) is 29.5 Å². The Labute approximate surface area is 202 Å². The van der Waals surface area contributed by atoms with Crippen molar-refractivity contribution in [3.05, 3.63) is 53.6 Å². The van der Waals surface area contributed by atoms with Crippen molar-refractivity contribution in [1.82, 2.24) is 4.31 Å². The third kappa shape index (κ3) is 4.85. The van der Waals surface area contributed by atoms with Crippen LogP contribution in [0.1, 0.15) is 36.8 Å². The number of anilines is 2. The molecule has 0 unspecified atom stereocenters. The molecule has 1 amide bonds. The van der Waals surface area contributed by atoms with Gasteiger partial charge in [-0.2, -0.15) is 4.31 Å². The number of sulfonamides is 1. The molecule has 2 aromatic carbocycles. The Morgan fingerprint density at radius 3 is 2.38 bits per heavy atom.